The Morgan fingerprint density at radius 1 is 1.55 bits per heavy atom. The minimum atomic E-state index is -0.0939. The first-order valence-corrected chi connectivity index (χ1v) is 7.41. The van der Waals surface area contributed by atoms with Crippen LogP contribution in [0.15, 0.2) is 27.8 Å². The zero-order valence-electron chi connectivity index (χ0n) is 10.7. The number of piperidine rings is 1. The van der Waals surface area contributed by atoms with E-state index in [2.05, 4.69) is 21.1 Å². The quantitative estimate of drug-likeness (QED) is 0.368. The van der Waals surface area contributed by atoms with E-state index in [-0.39, 0.29) is 17.7 Å². The molecule has 0 radical (unpaired) electrons. The van der Waals surface area contributed by atoms with Crippen LogP contribution in [0.4, 0.5) is 0 Å². The van der Waals surface area contributed by atoms with Gasteiger partial charge in [0, 0.05) is 29.0 Å². The number of hydrogen-bond acceptors (Lipinski definition) is 3. The second-order valence-corrected chi connectivity index (χ2v) is 6.01. The van der Waals surface area contributed by atoms with Crippen LogP contribution in [0.3, 0.4) is 0 Å². The molecule has 1 heterocycles. The van der Waals surface area contributed by atoms with Crippen molar-refractivity contribution < 1.29 is 10.0 Å². The summed E-state index contributed by atoms with van der Waals surface area (Å²) < 4.78 is 0.754. The van der Waals surface area contributed by atoms with Crippen LogP contribution in [0.25, 0.3) is 0 Å². The second kappa shape index (κ2) is 6.45. The molecular formula is C13H15BrClN3O2. The maximum atomic E-state index is 12.4. The minimum absolute atomic E-state index is 0.0881. The molecule has 20 heavy (non-hydrogen) atoms. The molecule has 0 spiro atoms. The Hall–Kier alpha value is -1.27. The Kier molecular flexibility index (Phi) is 4.88. The standard InChI is InChI=1S/C13H15BrClN3O2/c14-10-4-3-8(6-11(10)15)13(19)18-5-1-2-9(7-18)12(16)17-20/h3-4,6,9,20H,1-2,5,7H2,(H2,16,17). The van der Waals surface area contributed by atoms with Crippen molar-refractivity contribution in [3.63, 3.8) is 0 Å². The van der Waals surface area contributed by atoms with Gasteiger partial charge < -0.3 is 15.8 Å². The van der Waals surface area contributed by atoms with E-state index >= 15 is 0 Å². The molecule has 7 heteroatoms. The Bertz CT molecular complexity index is 550. The van der Waals surface area contributed by atoms with Gasteiger partial charge >= 0.3 is 0 Å². The molecular weight excluding hydrogens is 346 g/mol. The summed E-state index contributed by atoms with van der Waals surface area (Å²) in [5.41, 5.74) is 6.17. The second-order valence-electron chi connectivity index (χ2n) is 4.74. The van der Waals surface area contributed by atoms with E-state index in [9.17, 15) is 4.79 Å². The summed E-state index contributed by atoms with van der Waals surface area (Å²) in [6.45, 7) is 1.13. The van der Waals surface area contributed by atoms with Crippen molar-refractivity contribution in [2.45, 2.75) is 12.8 Å². The number of nitrogens with two attached hydrogens (primary N) is 1. The minimum Gasteiger partial charge on any atom is -0.409 e. The van der Waals surface area contributed by atoms with Crippen LogP contribution in [-0.4, -0.2) is 34.9 Å². The van der Waals surface area contributed by atoms with E-state index in [1.165, 1.54) is 0 Å². The molecule has 1 aromatic rings. The van der Waals surface area contributed by atoms with Crippen LogP contribution in [0.2, 0.25) is 5.02 Å². The highest BCUT2D eigenvalue weighted by atomic mass is 79.9. The number of benzene rings is 1. The summed E-state index contributed by atoms with van der Waals surface area (Å²) in [6, 6.07) is 5.12. The fourth-order valence-corrected chi connectivity index (χ4v) is 2.72. The maximum Gasteiger partial charge on any atom is 0.253 e. The SMILES string of the molecule is N/C(=N/O)C1CCCN(C(=O)c2ccc(Br)c(Cl)c2)C1. The highest BCUT2D eigenvalue weighted by molar-refractivity contribution is 9.10. The zero-order valence-corrected chi connectivity index (χ0v) is 13.1. The predicted molar refractivity (Wildman–Crippen MR) is 81.2 cm³/mol. The van der Waals surface area contributed by atoms with E-state index in [0.717, 1.165) is 17.3 Å². The molecule has 0 aliphatic carbocycles. The van der Waals surface area contributed by atoms with Gasteiger partial charge in [0.2, 0.25) is 0 Å². The van der Waals surface area contributed by atoms with Gasteiger partial charge in [0.15, 0.2) is 0 Å². The first-order chi connectivity index (χ1) is 9.52. The summed E-state index contributed by atoms with van der Waals surface area (Å²) in [5.74, 6) is -0.00482. The third-order valence-corrected chi connectivity index (χ3v) is 4.64. The van der Waals surface area contributed by atoms with E-state index < -0.39 is 0 Å². The number of amides is 1. The van der Waals surface area contributed by atoms with Gasteiger partial charge in [-0.05, 0) is 47.0 Å². The van der Waals surface area contributed by atoms with Gasteiger partial charge in [-0.25, -0.2) is 0 Å². The van der Waals surface area contributed by atoms with E-state index in [0.29, 0.717) is 23.7 Å². The highest BCUT2D eigenvalue weighted by Gasteiger charge is 2.27. The Balaban J connectivity index is 2.14. The lowest BCUT2D eigenvalue weighted by molar-refractivity contribution is 0.0701. The summed E-state index contributed by atoms with van der Waals surface area (Å²) >= 11 is 9.30. The van der Waals surface area contributed by atoms with Gasteiger partial charge in [-0.15, -0.1) is 0 Å². The van der Waals surface area contributed by atoms with Gasteiger partial charge in [0.1, 0.15) is 5.84 Å². The molecule has 1 amide bonds. The maximum absolute atomic E-state index is 12.4. The summed E-state index contributed by atoms with van der Waals surface area (Å²) in [6.07, 6.45) is 1.65. The smallest absolute Gasteiger partial charge is 0.253 e. The molecule has 3 N–H and O–H groups in total. The molecule has 1 aromatic carbocycles. The van der Waals surface area contributed by atoms with Crippen molar-refractivity contribution in [2.75, 3.05) is 13.1 Å². The number of amidine groups is 1. The molecule has 108 valence electrons. The number of carbonyl (C=O) groups excluding carboxylic acids is 1. The Morgan fingerprint density at radius 2 is 2.30 bits per heavy atom. The van der Waals surface area contributed by atoms with Gasteiger partial charge in [0.25, 0.3) is 5.91 Å². The number of carbonyl (C=O) groups is 1. The number of nitrogens with zero attached hydrogens (tertiary/aromatic N) is 2. The monoisotopic (exact) mass is 359 g/mol. The number of halogens is 2. The van der Waals surface area contributed by atoms with Gasteiger partial charge in [-0.1, -0.05) is 16.8 Å². The average Bonchev–Trinajstić information content (AvgIpc) is 2.48. The number of hydrogen-bond donors (Lipinski definition) is 2. The molecule has 5 nitrogen and oxygen atoms in total. The first-order valence-electron chi connectivity index (χ1n) is 6.24. The highest BCUT2D eigenvalue weighted by Crippen LogP contribution is 2.25. The van der Waals surface area contributed by atoms with Crippen LogP contribution in [0.5, 0.6) is 0 Å². The lowest BCUT2D eigenvalue weighted by Crippen LogP contribution is -2.44. The number of likely N-dealkylation sites (tertiary alicyclic amines) is 1. The molecule has 0 saturated carbocycles. The topological polar surface area (TPSA) is 78.9 Å². The molecule has 1 atom stereocenters. The number of rotatable bonds is 2. The molecule has 1 aliphatic rings. The van der Waals surface area contributed by atoms with Crippen molar-refractivity contribution in [3.8, 4) is 0 Å². The molecule has 2 rings (SSSR count). The molecule has 0 bridgehead atoms. The number of oxime groups is 1. The zero-order chi connectivity index (χ0) is 14.7. The third kappa shape index (κ3) is 3.24. The van der Waals surface area contributed by atoms with Crippen LogP contribution < -0.4 is 5.73 Å². The fourth-order valence-electron chi connectivity index (χ4n) is 2.30. The fraction of sp³-hybridized carbons (Fsp3) is 0.385. The molecule has 1 aliphatic heterocycles. The predicted octanol–water partition coefficient (Wildman–Crippen LogP) is 2.70. The molecule has 1 unspecified atom stereocenters. The van der Waals surface area contributed by atoms with Crippen molar-refractivity contribution in [3.05, 3.63) is 33.3 Å². The normalized spacial score (nSPS) is 20.0. The Labute approximate surface area is 130 Å². The van der Waals surface area contributed by atoms with Crippen molar-refractivity contribution in [1.82, 2.24) is 4.90 Å². The van der Waals surface area contributed by atoms with E-state index in [1.54, 1.807) is 23.1 Å². The van der Waals surface area contributed by atoms with Crippen LogP contribution in [0, 0.1) is 5.92 Å². The van der Waals surface area contributed by atoms with Gasteiger partial charge in [-0.3, -0.25) is 4.79 Å². The van der Waals surface area contributed by atoms with Gasteiger partial charge in [-0.2, -0.15) is 0 Å². The van der Waals surface area contributed by atoms with Crippen LogP contribution >= 0.6 is 27.5 Å². The average molecular weight is 361 g/mol. The van der Waals surface area contributed by atoms with Crippen molar-refractivity contribution >= 4 is 39.3 Å². The van der Waals surface area contributed by atoms with Crippen LogP contribution in [-0.2, 0) is 0 Å². The largest absolute Gasteiger partial charge is 0.409 e. The lowest BCUT2D eigenvalue weighted by atomic mass is 9.96. The Morgan fingerprint density at radius 3 is 2.95 bits per heavy atom. The summed E-state index contributed by atoms with van der Waals surface area (Å²) in [4.78, 5) is 14.1. The van der Waals surface area contributed by atoms with Crippen LogP contribution in [0.1, 0.15) is 23.2 Å². The van der Waals surface area contributed by atoms with E-state index in [1.807, 2.05) is 0 Å². The lowest BCUT2D eigenvalue weighted by Gasteiger charge is -2.32. The molecule has 1 saturated heterocycles. The first kappa shape index (κ1) is 15.1. The summed E-state index contributed by atoms with van der Waals surface area (Å²) in [7, 11) is 0. The third-order valence-electron chi connectivity index (χ3n) is 3.41. The molecule has 0 aromatic heterocycles. The van der Waals surface area contributed by atoms with Crippen molar-refractivity contribution in [2.24, 2.45) is 16.8 Å². The summed E-state index contributed by atoms with van der Waals surface area (Å²) in [5, 5.41) is 12.3. The van der Waals surface area contributed by atoms with Gasteiger partial charge in [0.05, 0.1) is 5.02 Å². The molecule has 1 fully saturated rings. The van der Waals surface area contributed by atoms with Crippen molar-refractivity contribution in [1.29, 1.82) is 0 Å². The van der Waals surface area contributed by atoms with E-state index in [4.69, 9.17) is 22.5 Å².